The van der Waals surface area contributed by atoms with Gasteiger partial charge in [0, 0.05) is 29.7 Å². The lowest BCUT2D eigenvalue weighted by atomic mass is 9.95. The predicted octanol–water partition coefficient (Wildman–Crippen LogP) is 3.75. The van der Waals surface area contributed by atoms with Crippen LogP contribution in [0.25, 0.3) is 10.8 Å². The average molecular weight is 530 g/mol. The van der Waals surface area contributed by atoms with Gasteiger partial charge < -0.3 is 19.9 Å². The summed E-state index contributed by atoms with van der Waals surface area (Å²) >= 11 is 5.78. The van der Waals surface area contributed by atoms with Crippen molar-refractivity contribution in [2.24, 2.45) is 0 Å². The number of urea groups is 1. The van der Waals surface area contributed by atoms with Crippen molar-refractivity contribution in [2.75, 3.05) is 30.5 Å². The summed E-state index contributed by atoms with van der Waals surface area (Å²) in [6, 6.07) is 3.37. The molecule has 4 rings (SSSR count). The maximum absolute atomic E-state index is 14.2. The SMILES string of the molecule is CS(=O)(=O)CCN(C(=O)Nc1ccc(F)c(Cl)c1)[C@@H]1COCc2[nH]c(=O)c3cc(F)c(F)cc3c21. The van der Waals surface area contributed by atoms with Crippen LogP contribution in [-0.2, 0) is 21.2 Å². The number of benzene rings is 2. The van der Waals surface area contributed by atoms with E-state index < -0.39 is 50.7 Å². The molecule has 13 heteroatoms. The number of anilines is 1. The van der Waals surface area contributed by atoms with Gasteiger partial charge in [0.25, 0.3) is 5.56 Å². The van der Waals surface area contributed by atoms with E-state index >= 15 is 0 Å². The van der Waals surface area contributed by atoms with E-state index in [-0.39, 0.29) is 46.9 Å². The molecule has 1 aromatic heterocycles. The Balaban J connectivity index is 1.81. The molecule has 8 nitrogen and oxygen atoms in total. The van der Waals surface area contributed by atoms with Crippen molar-refractivity contribution in [1.29, 1.82) is 0 Å². The lowest BCUT2D eigenvalue weighted by molar-refractivity contribution is 0.0473. The number of sulfone groups is 1. The first-order valence-corrected chi connectivity index (χ1v) is 12.7. The van der Waals surface area contributed by atoms with Crippen LogP contribution in [0.1, 0.15) is 17.3 Å². The smallest absolute Gasteiger partial charge is 0.322 e. The van der Waals surface area contributed by atoms with E-state index in [0.29, 0.717) is 5.56 Å². The Labute approximate surface area is 202 Å². The lowest BCUT2D eigenvalue weighted by Crippen LogP contribution is -2.44. The van der Waals surface area contributed by atoms with Crippen LogP contribution >= 0.6 is 11.6 Å². The van der Waals surface area contributed by atoms with Crippen LogP contribution in [0.3, 0.4) is 0 Å². The Hall–Kier alpha value is -3.09. The van der Waals surface area contributed by atoms with E-state index in [2.05, 4.69) is 10.3 Å². The van der Waals surface area contributed by atoms with Crippen molar-refractivity contribution in [3.8, 4) is 0 Å². The highest BCUT2D eigenvalue weighted by molar-refractivity contribution is 7.90. The number of carbonyl (C=O) groups excluding carboxylic acids is 1. The highest BCUT2D eigenvalue weighted by Gasteiger charge is 2.33. The number of ether oxygens (including phenoxy) is 1. The van der Waals surface area contributed by atoms with Crippen molar-refractivity contribution >= 4 is 43.9 Å². The minimum absolute atomic E-state index is 0.0644. The molecule has 35 heavy (non-hydrogen) atoms. The van der Waals surface area contributed by atoms with Gasteiger partial charge in [-0.3, -0.25) is 4.79 Å². The van der Waals surface area contributed by atoms with Crippen molar-refractivity contribution in [1.82, 2.24) is 9.88 Å². The summed E-state index contributed by atoms with van der Waals surface area (Å²) in [5.41, 5.74) is 0.00872. The number of H-pyrrole nitrogens is 1. The van der Waals surface area contributed by atoms with Crippen LogP contribution in [0.15, 0.2) is 35.1 Å². The molecule has 0 aliphatic carbocycles. The van der Waals surface area contributed by atoms with Crippen LogP contribution < -0.4 is 10.9 Å². The van der Waals surface area contributed by atoms with Gasteiger partial charge >= 0.3 is 6.03 Å². The molecule has 1 aliphatic rings. The normalized spacial score (nSPS) is 15.6. The number of rotatable bonds is 5. The standard InChI is InChI=1S/C22H19ClF3N3O5S/c1-35(32,33)5-4-29(22(31)27-11-2-3-15(24)14(23)6-11)19-10-34-9-18-20(19)12-7-16(25)17(26)8-13(12)21(30)28-18/h2-3,6-8,19H,4-5,9-10H2,1H3,(H,27,31)(H,28,30)/t19-/m1/s1. The third-order valence-corrected chi connectivity index (χ3v) is 6.76. The van der Waals surface area contributed by atoms with Gasteiger partial charge in [0.15, 0.2) is 11.6 Å². The van der Waals surface area contributed by atoms with Crippen molar-refractivity contribution < 1.29 is 31.1 Å². The third kappa shape index (κ3) is 5.29. The van der Waals surface area contributed by atoms with Gasteiger partial charge in [-0.15, -0.1) is 0 Å². The molecule has 0 fully saturated rings. The highest BCUT2D eigenvalue weighted by Crippen LogP contribution is 2.34. The van der Waals surface area contributed by atoms with Crippen LogP contribution in [-0.4, -0.2) is 49.5 Å². The van der Waals surface area contributed by atoms with E-state index in [1.165, 1.54) is 12.1 Å². The number of nitrogens with one attached hydrogen (secondary N) is 2. The molecule has 0 bridgehead atoms. The van der Waals surface area contributed by atoms with Gasteiger partial charge in [0.2, 0.25) is 0 Å². The number of carbonyl (C=O) groups is 1. The predicted molar refractivity (Wildman–Crippen MR) is 124 cm³/mol. The summed E-state index contributed by atoms with van der Waals surface area (Å²) in [5, 5.41) is 2.23. The molecule has 2 aromatic carbocycles. The fraction of sp³-hybridized carbons (Fsp3) is 0.273. The van der Waals surface area contributed by atoms with E-state index in [9.17, 15) is 31.2 Å². The number of pyridine rings is 1. The second kappa shape index (κ2) is 9.51. The van der Waals surface area contributed by atoms with Crippen LogP contribution in [0.4, 0.5) is 23.7 Å². The minimum atomic E-state index is -3.52. The summed E-state index contributed by atoms with van der Waals surface area (Å²) in [7, 11) is -3.52. The maximum Gasteiger partial charge on any atom is 0.322 e. The zero-order chi connectivity index (χ0) is 25.5. The van der Waals surface area contributed by atoms with Crippen LogP contribution in [0.2, 0.25) is 5.02 Å². The minimum Gasteiger partial charge on any atom is -0.373 e. The van der Waals surface area contributed by atoms with Crippen molar-refractivity contribution in [3.63, 3.8) is 0 Å². The Bertz CT molecular complexity index is 1500. The molecule has 0 saturated carbocycles. The molecule has 186 valence electrons. The van der Waals surface area contributed by atoms with Gasteiger partial charge in [-0.2, -0.15) is 0 Å². The molecule has 0 unspecified atom stereocenters. The molecule has 0 spiro atoms. The number of aromatic amines is 1. The first-order valence-electron chi connectivity index (χ1n) is 10.3. The molecule has 1 atom stereocenters. The number of hydrogen-bond acceptors (Lipinski definition) is 5. The van der Waals surface area contributed by atoms with Gasteiger partial charge in [0.05, 0.1) is 35.4 Å². The van der Waals surface area contributed by atoms with E-state index in [1.54, 1.807) is 0 Å². The number of halogens is 4. The fourth-order valence-corrected chi connectivity index (χ4v) is 4.63. The molecule has 1 aliphatic heterocycles. The van der Waals surface area contributed by atoms with Gasteiger partial charge in [-0.05, 0) is 35.7 Å². The zero-order valence-corrected chi connectivity index (χ0v) is 19.8. The van der Waals surface area contributed by atoms with Crippen LogP contribution in [0, 0.1) is 17.5 Å². The molecule has 0 saturated heterocycles. The molecular weight excluding hydrogens is 511 g/mol. The van der Waals surface area contributed by atoms with Gasteiger partial charge in [-0.25, -0.2) is 26.4 Å². The molecule has 2 amide bonds. The highest BCUT2D eigenvalue weighted by atomic mass is 35.5. The largest absolute Gasteiger partial charge is 0.373 e. The summed E-state index contributed by atoms with van der Waals surface area (Å²) < 4.78 is 70.8. The molecule has 2 heterocycles. The number of hydrogen-bond donors (Lipinski definition) is 2. The fourth-order valence-electron chi connectivity index (χ4n) is 3.92. The van der Waals surface area contributed by atoms with E-state index in [1.807, 2.05) is 0 Å². The summed E-state index contributed by atoms with van der Waals surface area (Å²) in [4.78, 5) is 29.5. The third-order valence-electron chi connectivity index (χ3n) is 5.55. The quantitative estimate of drug-likeness (QED) is 0.523. The Morgan fingerprint density at radius 1 is 1.17 bits per heavy atom. The van der Waals surface area contributed by atoms with Crippen LogP contribution in [0.5, 0.6) is 0 Å². The van der Waals surface area contributed by atoms with Crippen molar-refractivity contribution in [2.45, 2.75) is 12.6 Å². The topological polar surface area (TPSA) is 109 Å². The van der Waals surface area contributed by atoms with Gasteiger partial charge in [0.1, 0.15) is 15.7 Å². The second-order valence-corrected chi connectivity index (χ2v) is 10.7. The number of aromatic nitrogens is 1. The average Bonchev–Trinajstić information content (AvgIpc) is 2.77. The molecule has 3 aromatic rings. The zero-order valence-electron chi connectivity index (χ0n) is 18.2. The number of fused-ring (bicyclic) bond motifs is 3. The first-order chi connectivity index (χ1) is 16.4. The second-order valence-electron chi connectivity index (χ2n) is 8.07. The van der Waals surface area contributed by atoms with Crippen molar-refractivity contribution in [3.05, 3.63) is 74.4 Å². The molecule has 0 radical (unpaired) electrons. The molecular formula is C22H19ClF3N3O5S. The monoisotopic (exact) mass is 529 g/mol. The maximum atomic E-state index is 14.2. The summed E-state index contributed by atoms with van der Waals surface area (Å²) in [5.74, 6) is -3.52. The Morgan fingerprint density at radius 3 is 2.51 bits per heavy atom. The number of nitrogens with zero attached hydrogens (tertiary/aromatic N) is 1. The first kappa shape index (κ1) is 25.0. The Kier molecular flexibility index (Phi) is 6.80. The van der Waals surface area contributed by atoms with E-state index in [4.69, 9.17) is 16.3 Å². The summed E-state index contributed by atoms with van der Waals surface area (Å²) in [6.45, 7) is -0.475. The lowest BCUT2D eigenvalue weighted by Gasteiger charge is -2.36. The molecule has 2 N–H and O–H groups in total. The summed E-state index contributed by atoms with van der Waals surface area (Å²) in [6.07, 6.45) is 0.999. The Morgan fingerprint density at radius 2 is 1.86 bits per heavy atom. The van der Waals surface area contributed by atoms with Gasteiger partial charge in [-0.1, -0.05) is 11.6 Å². The number of amides is 2. The van der Waals surface area contributed by atoms with E-state index in [0.717, 1.165) is 29.4 Å².